The van der Waals surface area contributed by atoms with E-state index in [1.165, 1.54) is 10.7 Å². The number of carbonyl (C=O) groups is 1. The SMILES string of the molecule is CCn1nc(CCC(=O)N2CCC(c3cc(=O)[nH]c(N(C)C)n3)C2)c2ccccc2c1=O. The maximum Gasteiger partial charge on any atom is 0.274 e. The van der Waals surface area contributed by atoms with Crippen molar-refractivity contribution in [2.24, 2.45) is 0 Å². The lowest BCUT2D eigenvalue weighted by atomic mass is 10.0. The van der Waals surface area contributed by atoms with Crippen molar-refractivity contribution in [3.8, 4) is 0 Å². The van der Waals surface area contributed by atoms with Crippen molar-refractivity contribution in [2.45, 2.75) is 38.6 Å². The number of anilines is 1. The van der Waals surface area contributed by atoms with E-state index in [0.717, 1.165) is 23.2 Å². The summed E-state index contributed by atoms with van der Waals surface area (Å²) < 4.78 is 1.45. The van der Waals surface area contributed by atoms with Gasteiger partial charge in [-0.2, -0.15) is 5.10 Å². The average molecular weight is 437 g/mol. The lowest BCUT2D eigenvalue weighted by molar-refractivity contribution is -0.130. The summed E-state index contributed by atoms with van der Waals surface area (Å²) in [5.41, 5.74) is 1.18. The molecule has 0 bridgehead atoms. The first-order chi connectivity index (χ1) is 15.4. The molecule has 0 radical (unpaired) electrons. The molecule has 32 heavy (non-hydrogen) atoms. The second-order valence-electron chi connectivity index (χ2n) is 8.33. The molecule has 9 nitrogen and oxygen atoms in total. The van der Waals surface area contributed by atoms with Gasteiger partial charge in [-0.3, -0.25) is 19.4 Å². The highest BCUT2D eigenvalue weighted by molar-refractivity contribution is 5.84. The number of benzene rings is 1. The van der Waals surface area contributed by atoms with Crippen LogP contribution >= 0.6 is 0 Å². The third kappa shape index (κ3) is 4.28. The van der Waals surface area contributed by atoms with E-state index in [0.29, 0.717) is 43.8 Å². The third-order valence-electron chi connectivity index (χ3n) is 5.95. The van der Waals surface area contributed by atoms with Gasteiger partial charge in [0.1, 0.15) is 0 Å². The van der Waals surface area contributed by atoms with Crippen LogP contribution in [0.3, 0.4) is 0 Å². The van der Waals surface area contributed by atoms with E-state index < -0.39 is 0 Å². The molecule has 1 N–H and O–H groups in total. The number of H-pyrrole nitrogens is 1. The van der Waals surface area contributed by atoms with Crippen LogP contribution in [-0.2, 0) is 17.8 Å². The van der Waals surface area contributed by atoms with Crippen molar-refractivity contribution in [3.05, 3.63) is 62.4 Å². The van der Waals surface area contributed by atoms with Crippen molar-refractivity contribution < 1.29 is 4.79 Å². The largest absolute Gasteiger partial charge is 0.348 e. The first kappa shape index (κ1) is 21.7. The molecule has 1 atom stereocenters. The molecule has 1 amide bonds. The zero-order chi connectivity index (χ0) is 22.8. The van der Waals surface area contributed by atoms with Gasteiger partial charge in [-0.15, -0.1) is 0 Å². The molecule has 1 aromatic carbocycles. The molecule has 0 aliphatic carbocycles. The van der Waals surface area contributed by atoms with Gasteiger partial charge in [-0.05, 0) is 19.4 Å². The number of hydrogen-bond acceptors (Lipinski definition) is 6. The molecule has 0 spiro atoms. The van der Waals surface area contributed by atoms with Crippen LogP contribution in [0.1, 0.15) is 37.1 Å². The highest BCUT2D eigenvalue weighted by Crippen LogP contribution is 2.26. The van der Waals surface area contributed by atoms with Crippen molar-refractivity contribution in [1.82, 2.24) is 24.6 Å². The molecule has 0 saturated carbocycles. The van der Waals surface area contributed by atoms with E-state index >= 15 is 0 Å². The number of aromatic amines is 1. The van der Waals surface area contributed by atoms with Crippen molar-refractivity contribution in [1.29, 1.82) is 0 Å². The van der Waals surface area contributed by atoms with Crippen molar-refractivity contribution in [2.75, 3.05) is 32.1 Å². The number of rotatable bonds is 6. The van der Waals surface area contributed by atoms with Gasteiger partial charge in [-0.1, -0.05) is 18.2 Å². The van der Waals surface area contributed by atoms with E-state index in [9.17, 15) is 14.4 Å². The number of hydrogen-bond donors (Lipinski definition) is 1. The first-order valence-corrected chi connectivity index (χ1v) is 10.9. The predicted octanol–water partition coefficient (Wildman–Crippen LogP) is 1.51. The summed E-state index contributed by atoms with van der Waals surface area (Å²) in [6, 6.07) is 8.94. The minimum Gasteiger partial charge on any atom is -0.348 e. The van der Waals surface area contributed by atoms with Gasteiger partial charge in [0, 0.05) is 63.9 Å². The second-order valence-corrected chi connectivity index (χ2v) is 8.33. The third-order valence-corrected chi connectivity index (χ3v) is 5.95. The second kappa shape index (κ2) is 8.94. The Morgan fingerprint density at radius 2 is 1.97 bits per heavy atom. The number of carbonyl (C=O) groups excluding carboxylic acids is 1. The molecule has 9 heteroatoms. The van der Waals surface area contributed by atoms with E-state index in [4.69, 9.17) is 0 Å². The molecule has 2 aromatic heterocycles. The summed E-state index contributed by atoms with van der Waals surface area (Å²) >= 11 is 0. The van der Waals surface area contributed by atoms with Crippen LogP contribution in [0.4, 0.5) is 5.95 Å². The van der Waals surface area contributed by atoms with E-state index in [1.807, 2.05) is 44.1 Å². The summed E-state index contributed by atoms with van der Waals surface area (Å²) in [4.78, 5) is 48.3. The fraction of sp³-hybridized carbons (Fsp3) is 0.435. The number of aromatic nitrogens is 4. The fourth-order valence-corrected chi connectivity index (χ4v) is 4.20. The van der Waals surface area contributed by atoms with Crippen LogP contribution in [0.2, 0.25) is 0 Å². The Morgan fingerprint density at radius 3 is 2.69 bits per heavy atom. The minimum atomic E-state index is -0.188. The first-order valence-electron chi connectivity index (χ1n) is 10.9. The van der Waals surface area contributed by atoms with E-state index in [2.05, 4.69) is 15.1 Å². The van der Waals surface area contributed by atoms with Gasteiger partial charge >= 0.3 is 0 Å². The van der Waals surface area contributed by atoms with Crippen LogP contribution < -0.4 is 16.0 Å². The smallest absolute Gasteiger partial charge is 0.274 e. The lowest BCUT2D eigenvalue weighted by Crippen LogP contribution is -2.29. The number of aryl methyl sites for hydroxylation is 2. The molecule has 4 rings (SSSR count). The maximum atomic E-state index is 12.9. The molecular weight excluding hydrogens is 408 g/mol. The Hall–Kier alpha value is -3.49. The quantitative estimate of drug-likeness (QED) is 0.628. The number of fused-ring (bicyclic) bond motifs is 1. The molecular formula is C23H28N6O3. The minimum absolute atomic E-state index is 0.0425. The van der Waals surface area contributed by atoms with Gasteiger partial charge in [0.2, 0.25) is 11.9 Å². The van der Waals surface area contributed by atoms with E-state index in [1.54, 1.807) is 11.0 Å². The molecule has 1 saturated heterocycles. The number of nitrogens with one attached hydrogen (secondary N) is 1. The van der Waals surface area contributed by atoms with Crippen molar-refractivity contribution in [3.63, 3.8) is 0 Å². The molecule has 3 aromatic rings. The van der Waals surface area contributed by atoms with Crippen LogP contribution in [0.5, 0.6) is 0 Å². The number of nitrogens with zero attached hydrogens (tertiary/aromatic N) is 5. The van der Waals surface area contributed by atoms with Crippen LogP contribution in [-0.4, -0.2) is 57.7 Å². The highest BCUT2D eigenvalue weighted by atomic mass is 16.2. The zero-order valence-electron chi connectivity index (χ0n) is 18.7. The monoisotopic (exact) mass is 436 g/mol. The summed E-state index contributed by atoms with van der Waals surface area (Å²) in [7, 11) is 3.65. The Morgan fingerprint density at radius 1 is 1.22 bits per heavy atom. The summed E-state index contributed by atoms with van der Waals surface area (Å²) in [6.07, 6.45) is 1.56. The Kier molecular flexibility index (Phi) is 6.07. The Bertz CT molecular complexity index is 1260. The molecule has 1 aliphatic heterocycles. The van der Waals surface area contributed by atoms with Gasteiger partial charge in [0.15, 0.2) is 0 Å². The summed E-state index contributed by atoms with van der Waals surface area (Å²) in [5, 5.41) is 5.93. The number of amides is 1. The highest BCUT2D eigenvalue weighted by Gasteiger charge is 2.29. The Balaban J connectivity index is 1.47. The standard InChI is InChI=1S/C23H28N6O3/c1-4-29-22(32)17-8-6-5-7-16(17)18(26-29)9-10-21(31)28-12-11-15(14-28)19-13-20(30)25-23(24-19)27(2)3/h5-8,13,15H,4,9-12,14H2,1-3H3,(H,24,25,30). The van der Waals surface area contributed by atoms with Crippen LogP contribution in [0.25, 0.3) is 10.8 Å². The molecule has 168 valence electrons. The Labute approximate surface area is 185 Å². The van der Waals surface area contributed by atoms with Crippen LogP contribution in [0.15, 0.2) is 39.9 Å². The molecule has 3 heterocycles. The maximum absolute atomic E-state index is 12.9. The van der Waals surface area contributed by atoms with Crippen LogP contribution in [0, 0.1) is 0 Å². The summed E-state index contributed by atoms with van der Waals surface area (Å²) in [6.45, 7) is 3.55. The molecule has 1 fully saturated rings. The van der Waals surface area contributed by atoms with Gasteiger partial charge in [0.05, 0.1) is 16.8 Å². The topological polar surface area (TPSA) is 104 Å². The number of likely N-dealkylation sites (tertiary alicyclic amines) is 1. The van der Waals surface area contributed by atoms with Gasteiger partial charge in [0.25, 0.3) is 11.1 Å². The normalized spacial score (nSPS) is 16.0. The molecule has 1 unspecified atom stereocenters. The summed E-state index contributed by atoms with van der Waals surface area (Å²) in [5.74, 6) is 0.604. The van der Waals surface area contributed by atoms with E-state index in [-0.39, 0.29) is 22.9 Å². The lowest BCUT2D eigenvalue weighted by Gasteiger charge is -2.18. The molecule has 1 aliphatic rings. The fourth-order valence-electron chi connectivity index (χ4n) is 4.20. The zero-order valence-corrected chi connectivity index (χ0v) is 18.7. The van der Waals surface area contributed by atoms with Gasteiger partial charge < -0.3 is 9.80 Å². The van der Waals surface area contributed by atoms with Gasteiger partial charge in [-0.25, -0.2) is 9.67 Å². The predicted molar refractivity (Wildman–Crippen MR) is 123 cm³/mol. The van der Waals surface area contributed by atoms with Crippen molar-refractivity contribution >= 4 is 22.6 Å². The average Bonchev–Trinajstić information content (AvgIpc) is 3.29.